The number of benzene rings is 2. The van der Waals surface area contributed by atoms with Crippen molar-refractivity contribution in [2.24, 2.45) is 0 Å². The minimum atomic E-state index is 0.284. The SMILES string of the molecule is CC(CNc1ccccc1)N(C)C(C)c1ccccc1Cl. The number of anilines is 1. The number of hydrogen-bond donors (Lipinski definition) is 1. The molecule has 0 spiro atoms. The fourth-order valence-electron chi connectivity index (χ4n) is 2.38. The summed E-state index contributed by atoms with van der Waals surface area (Å²) >= 11 is 6.30. The van der Waals surface area contributed by atoms with Crippen molar-refractivity contribution in [3.63, 3.8) is 0 Å². The molecule has 2 aromatic rings. The Morgan fingerprint density at radius 2 is 1.62 bits per heavy atom. The lowest BCUT2D eigenvalue weighted by Crippen LogP contribution is -2.36. The first-order valence-corrected chi connectivity index (χ1v) is 7.72. The molecule has 0 aliphatic carbocycles. The summed E-state index contributed by atoms with van der Waals surface area (Å²) in [6.45, 7) is 5.32. The van der Waals surface area contributed by atoms with Crippen LogP contribution in [0.1, 0.15) is 25.5 Å². The molecule has 1 N–H and O–H groups in total. The Hall–Kier alpha value is -1.51. The van der Waals surface area contributed by atoms with Gasteiger partial charge in [-0.3, -0.25) is 4.90 Å². The number of halogens is 1. The van der Waals surface area contributed by atoms with Gasteiger partial charge in [0.2, 0.25) is 0 Å². The molecule has 0 amide bonds. The third kappa shape index (κ3) is 4.23. The highest BCUT2D eigenvalue weighted by Gasteiger charge is 2.18. The number of para-hydroxylation sites is 1. The average molecular weight is 303 g/mol. The summed E-state index contributed by atoms with van der Waals surface area (Å²) in [6, 6.07) is 19.0. The van der Waals surface area contributed by atoms with Crippen molar-refractivity contribution in [3.05, 3.63) is 65.2 Å². The Morgan fingerprint density at radius 3 is 2.29 bits per heavy atom. The minimum absolute atomic E-state index is 0.284. The molecule has 0 heterocycles. The van der Waals surface area contributed by atoms with Gasteiger partial charge in [-0.05, 0) is 44.7 Å². The lowest BCUT2D eigenvalue weighted by molar-refractivity contribution is 0.205. The van der Waals surface area contributed by atoms with Crippen molar-refractivity contribution in [1.29, 1.82) is 0 Å². The second kappa shape index (κ2) is 7.48. The smallest absolute Gasteiger partial charge is 0.0453 e. The van der Waals surface area contributed by atoms with Gasteiger partial charge in [-0.15, -0.1) is 0 Å². The van der Waals surface area contributed by atoms with Crippen molar-refractivity contribution < 1.29 is 0 Å². The molecule has 2 rings (SSSR count). The van der Waals surface area contributed by atoms with Crippen LogP contribution in [0, 0.1) is 0 Å². The lowest BCUT2D eigenvalue weighted by Gasteiger charge is -2.32. The molecule has 0 radical (unpaired) electrons. The van der Waals surface area contributed by atoms with Gasteiger partial charge in [0.05, 0.1) is 0 Å². The van der Waals surface area contributed by atoms with Crippen molar-refractivity contribution in [1.82, 2.24) is 4.90 Å². The maximum absolute atomic E-state index is 6.30. The Bertz CT molecular complexity index is 556. The largest absolute Gasteiger partial charge is 0.383 e. The first-order chi connectivity index (χ1) is 10.1. The van der Waals surface area contributed by atoms with Crippen LogP contribution in [-0.2, 0) is 0 Å². The quantitative estimate of drug-likeness (QED) is 0.822. The van der Waals surface area contributed by atoms with E-state index >= 15 is 0 Å². The van der Waals surface area contributed by atoms with Crippen LogP contribution in [0.2, 0.25) is 5.02 Å². The minimum Gasteiger partial charge on any atom is -0.383 e. The maximum Gasteiger partial charge on any atom is 0.0453 e. The van der Waals surface area contributed by atoms with Crippen molar-refractivity contribution in [3.8, 4) is 0 Å². The second-order valence-corrected chi connectivity index (χ2v) is 5.87. The molecule has 2 aromatic carbocycles. The van der Waals surface area contributed by atoms with Gasteiger partial charge in [-0.1, -0.05) is 48.0 Å². The van der Waals surface area contributed by atoms with Crippen LogP contribution in [0.5, 0.6) is 0 Å². The van der Waals surface area contributed by atoms with E-state index in [1.165, 1.54) is 5.56 Å². The Labute approximate surface area is 132 Å². The molecule has 0 aromatic heterocycles. The molecular weight excluding hydrogens is 280 g/mol. The second-order valence-electron chi connectivity index (χ2n) is 5.46. The van der Waals surface area contributed by atoms with E-state index in [0.29, 0.717) is 6.04 Å². The summed E-state index contributed by atoms with van der Waals surface area (Å²) < 4.78 is 0. The van der Waals surface area contributed by atoms with Crippen LogP contribution in [0.4, 0.5) is 5.69 Å². The van der Waals surface area contributed by atoms with E-state index in [4.69, 9.17) is 11.6 Å². The van der Waals surface area contributed by atoms with Gasteiger partial charge in [0.25, 0.3) is 0 Å². The van der Waals surface area contributed by atoms with Gasteiger partial charge in [-0.2, -0.15) is 0 Å². The van der Waals surface area contributed by atoms with Crippen LogP contribution in [0.3, 0.4) is 0 Å². The van der Waals surface area contributed by atoms with Crippen LogP contribution in [0.15, 0.2) is 54.6 Å². The Balaban J connectivity index is 1.96. The number of rotatable bonds is 6. The standard InChI is InChI=1S/C18H23ClN2/c1-14(13-20-16-9-5-4-6-10-16)21(3)15(2)17-11-7-8-12-18(17)19/h4-12,14-15,20H,13H2,1-3H3. The molecule has 0 saturated carbocycles. The molecule has 0 fully saturated rings. The first-order valence-electron chi connectivity index (χ1n) is 7.35. The average Bonchev–Trinajstić information content (AvgIpc) is 2.52. The van der Waals surface area contributed by atoms with Crippen LogP contribution >= 0.6 is 11.6 Å². The Kier molecular flexibility index (Phi) is 5.66. The summed E-state index contributed by atoms with van der Waals surface area (Å²) in [7, 11) is 2.14. The van der Waals surface area contributed by atoms with E-state index in [0.717, 1.165) is 17.3 Å². The molecule has 112 valence electrons. The highest BCUT2D eigenvalue weighted by molar-refractivity contribution is 6.31. The van der Waals surface area contributed by atoms with Crippen LogP contribution < -0.4 is 5.32 Å². The first kappa shape index (κ1) is 15.9. The zero-order valence-electron chi connectivity index (χ0n) is 12.9. The third-order valence-corrected chi connectivity index (χ3v) is 4.38. The van der Waals surface area contributed by atoms with Crippen LogP contribution in [0.25, 0.3) is 0 Å². The van der Waals surface area contributed by atoms with Gasteiger partial charge in [-0.25, -0.2) is 0 Å². The topological polar surface area (TPSA) is 15.3 Å². The van der Waals surface area contributed by atoms with E-state index in [-0.39, 0.29) is 6.04 Å². The summed E-state index contributed by atoms with van der Waals surface area (Å²) in [4.78, 5) is 2.34. The number of nitrogens with zero attached hydrogens (tertiary/aromatic N) is 1. The normalized spacial score (nSPS) is 14.0. The predicted molar refractivity (Wildman–Crippen MR) is 92.0 cm³/mol. The zero-order chi connectivity index (χ0) is 15.2. The molecule has 0 aliphatic rings. The molecule has 21 heavy (non-hydrogen) atoms. The fourth-order valence-corrected chi connectivity index (χ4v) is 2.67. The van der Waals surface area contributed by atoms with Crippen molar-refractivity contribution >= 4 is 17.3 Å². The van der Waals surface area contributed by atoms with Crippen molar-refractivity contribution in [2.45, 2.75) is 25.9 Å². The monoisotopic (exact) mass is 302 g/mol. The molecule has 0 aliphatic heterocycles. The lowest BCUT2D eigenvalue weighted by atomic mass is 10.1. The molecule has 3 heteroatoms. The highest BCUT2D eigenvalue weighted by Crippen LogP contribution is 2.27. The molecular formula is C18H23ClN2. The molecule has 0 bridgehead atoms. The van der Waals surface area contributed by atoms with Gasteiger partial charge in [0.15, 0.2) is 0 Å². The van der Waals surface area contributed by atoms with Gasteiger partial charge in [0, 0.05) is 29.3 Å². The summed E-state index contributed by atoms with van der Waals surface area (Å²) in [6.07, 6.45) is 0. The molecule has 0 saturated heterocycles. The highest BCUT2D eigenvalue weighted by atomic mass is 35.5. The predicted octanol–water partition coefficient (Wildman–Crippen LogP) is 4.83. The molecule has 2 nitrogen and oxygen atoms in total. The number of hydrogen-bond acceptors (Lipinski definition) is 2. The van der Waals surface area contributed by atoms with Gasteiger partial charge >= 0.3 is 0 Å². The van der Waals surface area contributed by atoms with Crippen LogP contribution in [-0.4, -0.2) is 24.5 Å². The van der Waals surface area contributed by atoms with E-state index in [1.807, 2.05) is 36.4 Å². The zero-order valence-corrected chi connectivity index (χ0v) is 13.6. The van der Waals surface area contributed by atoms with E-state index in [1.54, 1.807) is 0 Å². The summed E-state index contributed by atoms with van der Waals surface area (Å²) in [5.41, 5.74) is 2.33. The fraction of sp³-hybridized carbons (Fsp3) is 0.333. The maximum atomic E-state index is 6.30. The third-order valence-electron chi connectivity index (χ3n) is 4.04. The number of nitrogens with one attached hydrogen (secondary N) is 1. The molecule has 2 unspecified atom stereocenters. The molecule has 2 atom stereocenters. The Morgan fingerprint density at radius 1 is 1.00 bits per heavy atom. The van der Waals surface area contributed by atoms with Gasteiger partial charge in [0.1, 0.15) is 0 Å². The van der Waals surface area contributed by atoms with E-state index < -0.39 is 0 Å². The van der Waals surface area contributed by atoms with E-state index in [2.05, 4.69) is 49.3 Å². The van der Waals surface area contributed by atoms with Gasteiger partial charge < -0.3 is 5.32 Å². The van der Waals surface area contributed by atoms with E-state index in [9.17, 15) is 0 Å². The number of likely N-dealkylation sites (N-methyl/N-ethyl adjacent to an activating group) is 1. The summed E-state index contributed by atoms with van der Waals surface area (Å²) in [5.74, 6) is 0. The van der Waals surface area contributed by atoms with Crippen molar-refractivity contribution in [2.75, 3.05) is 18.9 Å². The summed E-state index contributed by atoms with van der Waals surface area (Å²) in [5, 5.41) is 4.31.